The number of hydrogen-bond acceptors (Lipinski definition) is 6. The number of urea groups is 1. The van der Waals surface area contributed by atoms with E-state index in [1.54, 1.807) is 25.1 Å². The fourth-order valence-electron chi connectivity index (χ4n) is 2.43. The molecule has 8 nitrogen and oxygen atoms in total. The Kier molecular flexibility index (Phi) is 9.14. The van der Waals surface area contributed by atoms with Crippen LogP contribution in [-0.2, 0) is 9.53 Å². The number of nitrogens with zero attached hydrogens (tertiary/aromatic N) is 1. The highest BCUT2D eigenvalue weighted by molar-refractivity contribution is 9.10. The number of aryl methyl sites for hydroxylation is 1. The van der Waals surface area contributed by atoms with Gasteiger partial charge in [0.2, 0.25) is 0 Å². The normalized spacial score (nSPS) is 10.5. The van der Waals surface area contributed by atoms with Gasteiger partial charge in [-0.1, -0.05) is 18.2 Å². The van der Waals surface area contributed by atoms with E-state index in [1.807, 2.05) is 32.0 Å². The molecule has 0 saturated carbocycles. The Morgan fingerprint density at radius 2 is 1.90 bits per heavy atom. The number of benzene rings is 2. The lowest BCUT2D eigenvalue weighted by Gasteiger charge is -2.14. The number of hydrogen-bond donors (Lipinski definition) is 2. The average molecular weight is 478 g/mol. The second kappa shape index (κ2) is 11.8. The lowest BCUT2D eigenvalue weighted by molar-refractivity contribution is -0.145. The van der Waals surface area contributed by atoms with E-state index in [0.717, 1.165) is 5.56 Å². The van der Waals surface area contributed by atoms with E-state index in [-0.39, 0.29) is 13.2 Å². The molecule has 30 heavy (non-hydrogen) atoms. The van der Waals surface area contributed by atoms with Gasteiger partial charge in [-0.05, 0) is 66.0 Å². The molecule has 0 bridgehead atoms. The number of rotatable bonds is 9. The Morgan fingerprint density at radius 3 is 2.60 bits per heavy atom. The number of anilines is 1. The van der Waals surface area contributed by atoms with Crippen molar-refractivity contribution in [3.63, 3.8) is 0 Å². The van der Waals surface area contributed by atoms with Crippen molar-refractivity contribution < 1.29 is 23.8 Å². The van der Waals surface area contributed by atoms with E-state index in [4.69, 9.17) is 14.2 Å². The molecule has 2 rings (SSSR count). The number of amides is 2. The van der Waals surface area contributed by atoms with Crippen LogP contribution in [-0.4, -0.2) is 38.0 Å². The van der Waals surface area contributed by atoms with E-state index in [0.29, 0.717) is 33.8 Å². The van der Waals surface area contributed by atoms with E-state index < -0.39 is 12.0 Å². The summed E-state index contributed by atoms with van der Waals surface area (Å²) in [6.45, 7) is 5.91. The second-order valence-corrected chi connectivity index (χ2v) is 6.85. The monoisotopic (exact) mass is 477 g/mol. The molecule has 0 aliphatic carbocycles. The maximum Gasteiger partial charge on any atom is 0.344 e. The topological polar surface area (TPSA) is 98.3 Å². The number of nitrogens with one attached hydrogen (secondary N) is 2. The fourth-order valence-corrected chi connectivity index (χ4v) is 3.00. The van der Waals surface area contributed by atoms with Gasteiger partial charge >= 0.3 is 12.0 Å². The minimum Gasteiger partial charge on any atom is -0.490 e. The highest BCUT2D eigenvalue weighted by atomic mass is 79.9. The minimum atomic E-state index is -0.471. The fraction of sp³-hybridized carbons (Fsp3) is 0.286. The lowest BCUT2D eigenvalue weighted by atomic mass is 10.2. The maximum absolute atomic E-state index is 12.0. The Bertz CT molecular complexity index is 918. The molecule has 0 radical (unpaired) electrons. The van der Waals surface area contributed by atoms with Gasteiger partial charge in [-0.2, -0.15) is 5.10 Å². The Morgan fingerprint density at radius 1 is 1.13 bits per heavy atom. The Balaban J connectivity index is 2.05. The third-order valence-corrected chi connectivity index (χ3v) is 4.33. The summed E-state index contributed by atoms with van der Waals surface area (Å²) in [6, 6.07) is 10.4. The van der Waals surface area contributed by atoms with Gasteiger partial charge in [0, 0.05) is 5.69 Å². The zero-order valence-corrected chi connectivity index (χ0v) is 18.6. The first-order chi connectivity index (χ1) is 14.4. The van der Waals surface area contributed by atoms with Gasteiger partial charge in [0.25, 0.3) is 0 Å². The van der Waals surface area contributed by atoms with Gasteiger partial charge in [0.15, 0.2) is 18.1 Å². The van der Waals surface area contributed by atoms with Crippen molar-refractivity contribution in [1.29, 1.82) is 0 Å². The van der Waals surface area contributed by atoms with Crippen molar-refractivity contribution >= 4 is 39.8 Å². The van der Waals surface area contributed by atoms with Crippen molar-refractivity contribution in [3.05, 3.63) is 52.0 Å². The molecule has 0 aliphatic heterocycles. The summed E-state index contributed by atoms with van der Waals surface area (Å²) >= 11 is 3.41. The highest BCUT2D eigenvalue weighted by Gasteiger charge is 2.14. The first-order valence-electron chi connectivity index (χ1n) is 9.35. The first-order valence-corrected chi connectivity index (χ1v) is 10.1. The number of halogens is 1. The summed E-state index contributed by atoms with van der Waals surface area (Å²) in [7, 11) is 0. The van der Waals surface area contributed by atoms with Crippen molar-refractivity contribution in [3.8, 4) is 11.5 Å². The van der Waals surface area contributed by atoms with Crippen LogP contribution in [0.1, 0.15) is 25.0 Å². The molecule has 9 heteroatoms. The van der Waals surface area contributed by atoms with Gasteiger partial charge in [-0.25, -0.2) is 15.0 Å². The van der Waals surface area contributed by atoms with Crippen molar-refractivity contribution in [2.24, 2.45) is 5.10 Å². The van der Waals surface area contributed by atoms with Crippen LogP contribution in [0.5, 0.6) is 11.5 Å². The number of carbonyl (C=O) groups is 2. The van der Waals surface area contributed by atoms with E-state index in [1.165, 1.54) is 6.21 Å². The smallest absolute Gasteiger partial charge is 0.344 e. The zero-order valence-electron chi connectivity index (χ0n) is 17.0. The predicted octanol–water partition coefficient (Wildman–Crippen LogP) is 4.25. The summed E-state index contributed by atoms with van der Waals surface area (Å²) in [5.41, 5.74) is 4.72. The summed E-state index contributed by atoms with van der Waals surface area (Å²) in [5, 5.41) is 6.68. The summed E-state index contributed by atoms with van der Waals surface area (Å²) in [6.07, 6.45) is 1.47. The molecule has 0 fully saturated rings. The van der Waals surface area contributed by atoms with E-state index in [2.05, 4.69) is 31.8 Å². The van der Waals surface area contributed by atoms with Gasteiger partial charge in [0.05, 0.1) is 23.9 Å². The quantitative estimate of drug-likeness (QED) is 0.319. The molecular weight excluding hydrogens is 454 g/mol. The van der Waals surface area contributed by atoms with Crippen LogP contribution in [0.2, 0.25) is 0 Å². The summed E-state index contributed by atoms with van der Waals surface area (Å²) < 4.78 is 16.6. The standard InChI is InChI=1S/C21H24BrN3O5/c1-4-28-18-11-15(10-16(22)20(18)30-13-19(26)29-5-2)12-23-25-21(27)24-17-9-7-6-8-14(17)3/h6-12H,4-5,13H2,1-3H3,(H2,24,25,27). The SMILES string of the molecule is CCOC(=O)COc1c(Br)cc(C=NNC(=O)Nc2ccccc2C)cc1OCC. The molecule has 0 heterocycles. The third-order valence-electron chi connectivity index (χ3n) is 3.74. The summed E-state index contributed by atoms with van der Waals surface area (Å²) in [4.78, 5) is 23.6. The number of ether oxygens (including phenoxy) is 3. The van der Waals surface area contributed by atoms with Crippen LogP contribution in [0.4, 0.5) is 10.5 Å². The van der Waals surface area contributed by atoms with Crippen molar-refractivity contribution in [2.75, 3.05) is 25.1 Å². The molecular formula is C21H24BrN3O5. The lowest BCUT2D eigenvalue weighted by Crippen LogP contribution is -2.24. The second-order valence-electron chi connectivity index (χ2n) is 6.00. The molecule has 2 N–H and O–H groups in total. The highest BCUT2D eigenvalue weighted by Crippen LogP contribution is 2.36. The predicted molar refractivity (Wildman–Crippen MR) is 118 cm³/mol. The molecule has 2 aromatic carbocycles. The van der Waals surface area contributed by atoms with Crippen molar-refractivity contribution in [1.82, 2.24) is 5.43 Å². The van der Waals surface area contributed by atoms with Crippen LogP contribution in [0.25, 0.3) is 0 Å². The molecule has 2 amide bonds. The van der Waals surface area contributed by atoms with Crippen LogP contribution in [0.3, 0.4) is 0 Å². The molecule has 2 aromatic rings. The van der Waals surface area contributed by atoms with Gasteiger partial charge in [0.1, 0.15) is 0 Å². The molecule has 0 aliphatic rings. The first kappa shape index (κ1) is 23.2. The number of carbonyl (C=O) groups excluding carboxylic acids is 2. The minimum absolute atomic E-state index is 0.236. The van der Waals surface area contributed by atoms with Gasteiger partial charge < -0.3 is 19.5 Å². The summed E-state index contributed by atoms with van der Waals surface area (Å²) in [5.74, 6) is 0.343. The average Bonchev–Trinajstić information content (AvgIpc) is 2.69. The van der Waals surface area contributed by atoms with E-state index in [9.17, 15) is 9.59 Å². The van der Waals surface area contributed by atoms with Crippen molar-refractivity contribution in [2.45, 2.75) is 20.8 Å². The largest absolute Gasteiger partial charge is 0.490 e. The molecule has 160 valence electrons. The van der Waals surface area contributed by atoms with E-state index >= 15 is 0 Å². The van der Waals surface area contributed by atoms with Crippen LogP contribution in [0, 0.1) is 6.92 Å². The molecule has 0 atom stereocenters. The molecule has 0 saturated heterocycles. The number of para-hydroxylation sites is 1. The number of esters is 1. The Hall–Kier alpha value is -3.07. The van der Waals surface area contributed by atoms with Crippen LogP contribution in [0.15, 0.2) is 46.0 Å². The molecule has 0 spiro atoms. The maximum atomic E-state index is 12.0. The third kappa shape index (κ3) is 7.07. The number of hydrazone groups is 1. The molecule has 0 aromatic heterocycles. The van der Waals surface area contributed by atoms with Gasteiger partial charge in [-0.15, -0.1) is 0 Å². The Labute approximate surface area is 183 Å². The molecule has 0 unspecified atom stereocenters. The van der Waals surface area contributed by atoms with Crippen LogP contribution >= 0.6 is 15.9 Å². The van der Waals surface area contributed by atoms with Gasteiger partial charge in [-0.3, -0.25) is 0 Å². The van der Waals surface area contributed by atoms with Crippen LogP contribution < -0.4 is 20.2 Å². The zero-order chi connectivity index (χ0) is 21.9.